The lowest BCUT2D eigenvalue weighted by Crippen LogP contribution is -2.22. The molecule has 0 amide bonds. The van der Waals surface area contributed by atoms with Crippen LogP contribution in [0.4, 0.5) is 0 Å². The largest absolute Gasteiger partial charge is 0.289 e. The van der Waals surface area contributed by atoms with Gasteiger partial charge < -0.3 is 0 Å². The van der Waals surface area contributed by atoms with Crippen LogP contribution in [-0.4, -0.2) is 20.7 Å². The Bertz CT molecular complexity index is 1210. The van der Waals surface area contributed by atoms with Gasteiger partial charge in [0.2, 0.25) is 0 Å². The van der Waals surface area contributed by atoms with Gasteiger partial charge in [-0.3, -0.25) is 4.79 Å². The molecule has 0 unspecified atom stereocenters. The van der Waals surface area contributed by atoms with Crippen molar-refractivity contribution in [1.29, 1.82) is 5.26 Å². The highest BCUT2D eigenvalue weighted by Gasteiger charge is 2.15. The smallest absolute Gasteiger partial charge is 0.266 e. The lowest BCUT2D eigenvalue weighted by Gasteiger charge is -2.08. The number of aromatic nitrogens is 3. The molecule has 0 saturated carbocycles. The third-order valence-electron chi connectivity index (χ3n) is 4.61. The first-order valence-corrected chi connectivity index (χ1v) is 9.12. The van der Waals surface area contributed by atoms with E-state index in [4.69, 9.17) is 11.6 Å². The Balaban J connectivity index is 2.11. The molecule has 0 N–H and O–H groups in total. The molecule has 0 aliphatic carbocycles. The lowest BCUT2D eigenvalue weighted by molar-refractivity contribution is 0.786. The van der Waals surface area contributed by atoms with Crippen molar-refractivity contribution < 1.29 is 0 Å². The topological polar surface area (TPSA) is 76.0 Å². The number of rotatable bonds is 3. The van der Waals surface area contributed by atoms with Crippen molar-refractivity contribution in [2.75, 3.05) is 0 Å². The van der Waals surface area contributed by atoms with Crippen molar-refractivity contribution in [3.63, 3.8) is 0 Å². The van der Waals surface area contributed by atoms with E-state index in [-0.39, 0.29) is 5.56 Å². The van der Waals surface area contributed by atoms with Crippen LogP contribution < -0.4 is 5.56 Å². The van der Waals surface area contributed by atoms with E-state index in [1.807, 2.05) is 45.0 Å². The number of hydrogen-bond acceptors (Lipinski definition) is 4. The Hall–Kier alpha value is -3.17. The molecular weight excluding hydrogens is 374 g/mol. The summed E-state index contributed by atoms with van der Waals surface area (Å²) < 4.78 is 2.88. The van der Waals surface area contributed by atoms with Gasteiger partial charge in [0.25, 0.3) is 5.56 Å². The molecule has 3 aromatic rings. The second kappa shape index (κ2) is 7.45. The maximum absolute atomic E-state index is 12.5. The molecule has 142 valence electrons. The van der Waals surface area contributed by atoms with Crippen LogP contribution in [0.15, 0.2) is 34.2 Å². The van der Waals surface area contributed by atoms with Crippen LogP contribution in [0.3, 0.4) is 0 Å². The van der Waals surface area contributed by atoms with E-state index < -0.39 is 5.56 Å². The summed E-state index contributed by atoms with van der Waals surface area (Å²) in [6, 6.07) is 9.76. The van der Waals surface area contributed by atoms with Crippen LogP contribution in [0.2, 0.25) is 5.15 Å². The van der Waals surface area contributed by atoms with E-state index >= 15 is 0 Å². The third kappa shape index (κ3) is 3.37. The van der Waals surface area contributed by atoms with Gasteiger partial charge in [-0.25, -0.2) is 9.36 Å². The molecule has 0 spiro atoms. The molecule has 0 saturated heterocycles. The SMILES string of the molecule is Cc1ccc(C)c(-n2nc(C)c(C=Nn3c(C)cc(C)c(C#N)c3=O)c2Cl)c1. The van der Waals surface area contributed by atoms with E-state index in [9.17, 15) is 10.1 Å². The molecule has 1 aromatic carbocycles. The first kappa shape index (κ1) is 19.6. The van der Waals surface area contributed by atoms with Gasteiger partial charge in [-0.15, -0.1) is 0 Å². The van der Waals surface area contributed by atoms with Crippen molar-refractivity contribution in [2.45, 2.75) is 34.6 Å². The second-order valence-electron chi connectivity index (χ2n) is 6.81. The molecule has 6 nitrogen and oxygen atoms in total. The number of halogens is 1. The highest BCUT2D eigenvalue weighted by molar-refractivity contribution is 6.32. The Labute approximate surface area is 168 Å². The minimum atomic E-state index is -0.452. The number of benzene rings is 1. The zero-order chi connectivity index (χ0) is 20.6. The highest BCUT2D eigenvalue weighted by atomic mass is 35.5. The van der Waals surface area contributed by atoms with E-state index in [2.05, 4.69) is 10.2 Å². The predicted molar refractivity (Wildman–Crippen MR) is 111 cm³/mol. The maximum Gasteiger partial charge on any atom is 0.289 e. The monoisotopic (exact) mass is 393 g/mol. The lowest BCUT2D eigenvalue weighted by atomic mass is 10.1. The molecule has 2 heterocycles. The summed E-state index contributed by atoms with van der Waals surface area (Å²) in [4.78, 5) is 12.5. The normalized spacial score (nSPS) is 11.2. The quantitative estimate of drug-likeness (QED) is 0.631. The fourth-order valence-electron chi connectivity index (χ4n) is 3.04. The van der Waals surface area contributed by atoms with Gasteiger partial charge in [-0.2, -0.15) is 15.5 Å². The van der Waals surface area contributed by atoms with Crippen molar-refractivity contribution in [3.05, 3.63) is 79.0 Å². The van der Waals surface area contributed by atoms with Crippen LogP contribution >= 0.6 is 11.6 Å². The summed E-state index contributed by atoms with van der Waals surface area (Å²) in [6.07, 6.45) is 1.51. The van der Waals surface area contributed by atoms with Gasteiger partial charge in [-0.1, -0.05) is 23.7 Å². The van der Waals surface area contributed by atoms with E-state index in [0.29, 0.717) is 27.7 Å². The highest BCUT2D eigenvalue weighted by Crippen LogP contribution is 2.25. The molecule has 7 heteroatoms. The van der Waals surface area contributed by atoms with Crippen molar-refractivity contribution in [3.8, 4) is 11.8 Å². The average Bonchev–Trinajstić information content (AvgIpc) is 2.91. The Kier molecular flexibility index (Phi) is 5.21. The van der Waals surface area contributed by atoms with Crippen LogP contribution in [0.5, 0.6) is 0 Å². The van der Waals surface area contributed by atoms with Gasteiger partial charge in [-0.05, 0) is 63.4 Å². The average molecular weight is 394 g/mol. The van der Waals surface area contributed by atoms with E-state index in [0.717, 1.165) is 16.8 Å². The molecule has 0 bridgehead atoms. The summed E-state index contributed by atoms with van der Waals surface area (Å²) >= 11 is 6.59. The molecular formula is C21H20ClN5O. The fourth-order valence-corrected chi connectivity index (χ4v) is 3.36. The van der Waals surface area contributed by atoms with Crippen LogP contribution in [0.1, 0.15) is 39.2 Å². The van der Waals surface area contributed by atoms with E-state index in [1.54, 1.807) is 24.6 Å². The summed E-state index contributed by atoms with van der Waals surface area (Å²) in [5, 5.41) is 18.5. The molecule has 2 aromatic heterocycles. The van der Waals surface area contributed by atoms with E-state index in [1.165, 1.54) is 10.9 Å². The first-order valence-electron chi connectivity index (χ1n) is 8.75. The predicted octanol–water partition coefficient (Wildman–Crippen LogP) is 3.98. The molecule has 0 aliphatic heterocycles. The fraction of sp³-hybridized carbons (Fsp3) is 0.238. The molecule has 3 rings (SSSR count). The third-order valence-corrected chi connectivity index (χ3v) is 4.98. The molecule has 0 radical (unpaired) electrons. The number of nitrogens with zero attached hydrogens (tertiary/aromatic N) is 5. The first-order chi connectivity index (χ1) is 13.2. The summed E-state index contributed by atoms with van der Waals surface area (Å²) in [7, 11) is 0. The molecule has 0 atom stereocenters. The molecule has 0 fully saturated rings. The Morgan fingerprint density at radius 1 is 1.14 bits per heavy atom. The zero-order valence-electron chi connectivity index (χ0n) is 16.4. The number of nitriles is 1. The van der Waals surface area contributed by atoms with Crippen LogP contribution in [0.25, 0.3) is 5.69 Å². The Morgan fingerprint density at radius 2 is 1.86 bits per heavy atom. The van der Waals surface area contributed by atoms with Gasteiger partial charge >= 0.3 is 0 Å². The van der Waals surface area contributed by atoms with Crippen molar-refractivity contribution in [2.24, 2.45) is 5.10 Å². The summed E-state index contributed by atoms with van der Waals surface area (Å²) in [5.74, 6) is 0. The maximum atomic E-state index is 12.5. The van der Waals surface area contributed by atoms with Crippen LogP contribution in [0, 0.1) is 45.9 Å². The summed E-state index contributed by atoms with van der Waals surface area (Å²) in [5.41, 5.74) is 5.24. The van der Waals surface area contributed by atoms with Crippen LogP contribution in [-0.2, 0) is 0 Å². The van der Waals surface area contributed by atoms with Gasteiger partial charge in [0.15, 0.2) is 0 Å². The van der Waals surface area contributed by atoms with Crippen molar-refractivity contribution >= 4 is 17.8 Å². The minimum absolute atomic E-state index is 0.0802. The number of hydrogen-bond donors (Lipinski definition) is 0. The Morgan fingerprint density at radius 3 is 2.54 bits per heavy atom. The summed E-state index contributed by atoms with van der Waals surface area (Å²) in [6.45, 7) is 9.33. The molecule has 28 heavy (non-hydrogen) atoms. The van der Waals surface area contributed by atoms with Gasteiger partial charge in [0, 0.05) is 5.69 Å². The number of pyridine rings is 1. The zero-order valence-corrected chi connectivity index (χ0v) is 17.2. The standard InChI is InChI=1S/C21H20ClN5O/c1-12-6-7-13(2)19(8-12)27-20(22)18(16(5)25-27)11-24-26-15(4)9-14(3)17(10-23)21(26)28/h6-9,11H,1-5H3. The minimum Gasteiger partial charge on any atom is -0.266 e. The second-order valence-corrected chi connectivity index (χ2v) is 7.17. The molecule has 0 aliphatic rings. The van der Waals surface area contributed by atoms with Crippen molar-refractivity contribution in [1.82, 2.24) is 14.5 Å². The van der Waals surface area contributed by atoms with Gasteiger partial charge in [0.1, 0.15) is 16.8 Å². The van der Waals surface area contributed by atoms with Gasteiger partial charge in [0.05, 0.1) is 23.2 Å². The number of aryl methyl sites for hydroxylation is 5.